The number of carbonyl (C=O) groups excluding carboxylic acids is 1. The largest absolute Gasteiger partial charge is 0.350 e. The molecule has 0 unspecified atom stereocenters. The van der Waals surface area contributed by atoms with Crippen LogP contribution in [0.4, 0.5) is 0 Å². The van der Waals surface area contributed by atoms with Gasteiger partial charge in [-0.1, -0.05) is 6.42 Å². The third-order valence-corrected chi connectivity index (χ3v) is 6.31. The van der Waals surface area contributed by atoms with Gasteiger partial charge in [-0.15, -0.1) is 0 Å². The van der Waals surface area contributed by atoms with E-state index < -0.39 is 0 Å². The fraction of sp³-hybridized carbons (Fsp3) is 0.867. The Labute approximate surface area is 131 Å². The van der Waals surface area contributed by atoms with Gasteiger partial charge in [0.2, 0.25) is 0 Å². The lowest BCUT2D eigenvalue weighted by Gasteiger charge is -2.24. The average Bonchev–Trinajstić information content (AvgIpc) is 3.11. The molecule has 0 aromatic carbocycles. The maximum atomic E-state index is 12.4. The van der Waals surface area contributed by atoms with Crippen molar-refractivity contribution < 1.29 is 4.79 Å². The Balaban J connectivity index is 1.50. The third-order valence-electron chi connectivity index (χ3n) is 5.33. The van der Waals surface area contributed by atoms with Crippen LogP contribution >= 0.6 is 24.0 Å². The highest BCUT2D eigenvalue weighted by Crippen LogP contribution is 2.49. The van der Waals surface area contributed by atoms with Gasteiger partial charge in [-0.25, -0.2) is 0 Å². The molecule has 3 fully saturated rings. The molecule has 3 nitrogen and oxygen atoms in total. The molecule has 1 saturated heterocycles. The molecule has 1 N–H and O–H groups in total. The van der Waals surface area contributed by atoms with E-state index in [4.69, 9.17) is 12.2 Å². The van der Waals surface area contributed by atoms with Crippen LogP contribution < -0.4 is 5.32 Å². The Morgan fingerprint density at radius 3 is 2.85 bits per heavy atom. The zero-order valence-corrected chi connectivity index (χ0v) is 13.8. The number of thiocarbonyl (C=S) groups is 1. The predicted octanol–water partition coefficient (Wildman–Crippen LogP) is 2.65. The van der Waals surface area contributed by atoms with Crippen molar-refractivity contribution in [2.45, 2.75) is 44.6 Å². The molecule has 5 heteroatoms. The topological polar surface area (TPSA) is 32.3 Å². The monoisotopic (exact) mass is 312 g/mol. The lowest BCUT2D eigenvalue weighted by molar-refractivity contribution is -0.127. The van der Waals surface area contributed by atoms with Gasteiger partial charge in [0, 0.05) is 6.54 Å². The zero-order valence-electron chi connectivity index (χ0n) is 12.1. The molecule has 2 bridgehead atoms. The number of hydrogen-bond donors (Lipinski definition) is 1. The van der Waals surface area contributed by atoms with E-state index in [9.17, 15) is 4.79 Å². The average molecular weight is 313 g/mol. The van der Waals surface area contributed by atoms with Gasteiger partial charge in [0.1, 0.15) is 6.04 Å². The molecule has 4 atom stereocenters. The summed E-state index contributed by atoms with van der Waals surface area (Å²) in [6.45, 7) is 0.828. The minimum atomic E-state index is -0.0741. The molecule has 20 heavy (non-hydrogen) atoms. The van der Waals surface area contributed by atoms with E-state index in [1.54, 1.807) is 11.8 Å². The molecule has 0 aromatic rings. The number of fused-ring (bicyclic) bond motifs is 2. The molecule has 0 spiro atoms. The van der Waals surface area contributed by atoms with Crippen LogP contribution in [0.3, 0.4) is 0 Å². The minimum absolute atomic E-state index is 0.0741. The predicted molar refractivity (Wildman–Crippen MR) is 87.8 cm³/mol. The highest BCUT2D eigenvalue weighted by Gasteiger charge is 2.40. The van der Waals surface area contributed by atoms with Gasteiger partial charge in [-0.2, -0.15) is 11.8 Å². The first-order valence-corrected chi connectivity index (χ1v) is 9.60. The van der Waals surface area contributed by atoms with Gasteiger partial charge in [0.25, 0.3) is 5.91 Å². The molecular weight excluding hydrogens is 288 g/mol. The van der Waals surface area contributed by atoms with E-state index in [-0.39, 0.29) is 11.9 Å². The third kappa shape index (κ3) is 2.84. The standard InChI is InChI=1S/C15H24N2OS2/c1-20-7-5-13-14(18)17(15(19)16-13)6-4-12-9-10-2-3-11(12)8-10/h10-13H,2-9H2,1H3,(H,16,19)/t10-,11-,12+,13-/m1/s1. The number of amides is 1. The molecule has 0 radical (unpaired) electrons. The highest BCUT2D eigenvalue weighted by atomic mass is 32.2. The second-order valence-electron chi connectivity index (χ2n) is 6.50. The van der Waals surface area contributed by atoms with E-state index in [1.807, 2.05) is 4.90 Å². The molecule has 2 aliphatic carbocycles. The first kappa shape index (κ1) is 14.6. The van der Waals surface area contributed by atoms with Gasteiger partial charge >= 0.3 is 0 Å². The van der Waals surface area contributed by atoms with Crippen LogP contribution in [0, 0.1) is 17.8 Å². The molecule has 2 saturated carbocycles. The van der Waals surface area contributed by atoms with Crippen LogP contribution in [0.5, 0.6) is 0 Å². The van der Waals surface area contributed by atoms with Crippen LogP contribution in [-0.2, 0) is 4.79 Å². The molecule has 1 aliphatic heterocycles. The van der Waals surface area contributed by atoms with Gasteiger partial charge in [-0.3, -0.25) is 9.69 Å². The van der Waals surface area contributed by atoms with Gasteiger partial charge in [0.05, 0.1) is 0 Å². The molecule has 1 heterocycles. The number of nitrogens with one attached hydrogen (secondary N) is 1. The van der Waals surface area contributed by atoms with E-state index in [0.29, 0.717) is 5.11 Å². The summed E-state index contributed by atoms with van der Waals surface area (Å²) in [5, 5.41) is 3.85. The Bertz CT molecular complexity index is 401. The Hall–Kier alpha value is -0.290. The summed E-state index contributed by atoms with van der Waals surface area (Å²) in [6.07, 6.45) is 9.79. The summed E-state index contributed by atoms with van der Waals surface area (Å²) in [5.74, 6) is 3.97. The van der Waals surface area contributed by atoms with Crippen LogP contribution in [0.15, 0.2) is 0 Å². The molecule has 3 rings (SSSR count). The molecular formula is C15H24N2OS2. The summed E-state index contributed by atoms with van der Waals surface area (Å²) in [5.41, 5.74) is 0. The van der Waals surface area contributed by atoms with Crippen LogP contribution in [0.1, 0.15) is 38.5 Å². The van der Waals surface area contributed by atoms with Crippen molar-refractivity contribution in [1.29, 1.82) is 0 Å². The van der Waals surface area contributed by atoms with Crippen molar-refractivity contribution in [2.24, 2.45) is 17.8 Å². The summed E-state index contributed by atoms with van der Waals surface area (Å²) in [7, 11) is 0. The Kier molecular flexibility index (Phi) is 4.55. The van der Waals surface area contributed by atoms with Gasteiger partial charge in [-0.05, 0) is 74.1 Å². The molecule has 1 amide bonds. The maximum absolute atomic E-state index is 12.4. The van der Waals surface area contributed by atoms with Crippen LogP contribution in [0.2, 0.25) is 0 Å². The van der Waals surface area contributed by atoms with Crippen molar-refractivity contribution in [3.05, 3.63) is 0 Å². The highest BCUT2D eigenvalue weighted by molar-refractivity contribution is 7.98. The number of rotatable bonds is 6. The number of nitrogens with zero attached hydrogens (tertiary/aromatic N) is 1. The molecule has 3 aliphatic rings. The first-order valence-electron chi connectivity index (χ1n) is 7.80. The summed E-state index contributed by atoms with van der Waals surface area (Å²) >= 11 is 7.12. The normalized spacial score (nSPS) is 36.0. The van der Waals surface area contributed by atoms with Gasteiger partial charge in [0.15, 0.2) is 5.11 Å². The van der Waals surface area contributed by atoms with Crippen molar-refractivity contribution >= 4 is 35.0 Å². The fourth-order valence-electron chi connectivity index (χ4n) is 4.24. The number of thioether (sulfide) groups is 1. The van der Waals surface area contributed by atoms with E-state index in [0.717, 1.165) is 42.9 Å². The van der Waals surface area contributed by atoms with E-state index >= 15 is 0 Å². The summed E-state index contributed by atoms with van der Waals surface area (Å²) in [6, 6.07) is -0.0741. The lowest BCUT2D eigenvalue weighted by atomic mass is 9.86. The first-order chi connectivity index (χ1) is 9.69. The van der Waals surface area contributed by atoms with E-state index in [1.165, 1.54) is 25.7 Å². The number of hydrogen-bond acceptors (Lipinski definition) is 3. The summed E-state index contributed by atoms with van der Waals surface area (Å²) in [4.78, 5) is 14.2. The molecule has 112 valence electrons. The smallest absolute Gasteiger partial charge is 0.251 e. The van der Waals surface area contributed by atoms with Crippen molar-refractivity contribution in [3.8, 4) is 0 Å². The fourth-order valence-corrected chi connectivity index (χ4v) is 5.04. The second-order valence-corrected chi connectivity index (χ2v) is 7.87. The van der Waals surface area contributed by atoms with E-state index in [2.05, 4.69) is 11.6 Å². The zero-order chi connectivity index (χ0) is 14.1. The number of carbonyl (C=O) groups is 1. The van der Waals surface area contributed by atoms with Crippen molar-refractivity contribution in [3.63, 3.8) is 0 Å². The van der Waals surface area contributed by atoms with Crippen LogP contribution in [-0.4, -0.2) is 40.5 Å². The minimum Gasteiger partial charge on any atom is -0.350 e. The van der Waals surface area contributed by atoms with Gasteiger partial charge < -0.3 is 5.32 Å². The SMILES string of the molecule is CSCC[C@H]1NC(=S)N(CC[C@H]2C[C@@H]3CC[C@@H]2C3)C1=O. The maximum Gasteiger partial charge on any atom is 0.251 e. The second kappa shape index (κ2) is 6.22. The van der Waals surface area contributed by atoms with Crippen LogP contribution in [0.25, 0.3) is 0 Å². The summed E-state index contributed by atoms with van der Waals surface area (Å²) < 4.78 is 0. The Morgan fingerprint density at radius 1 is 1.35 bits per heavy atom. The lowest BCUT2D eigenvalue weighted by Crippen LogP contribution is -2.33. The van der Waals surface area contributed by atoms with Crippen molar-refractivity contribution in [2.75, 3.05) is 18.6 Å². The molecule has 0 aromatic heterocycles. The van der Waals surface area contributed by atoms with Crippen molar-refractivity contribution in [1.82, 2.24) is 10.2 Å². The Morgan fingerprint density at radius 2 is 2.20 bits per heavy atom. The quantitative estimate of drug-likeness (QED) is 0.764.